The Balaban J connectivity index is 1.55. The van der Waals surface area contributed by atoms with Gasteiger partial charge in [-0.3, -0.25) is 0 Å². The molecule has 1 aromatic heterocycles. The molecule has 0 saturated carbocycles. The molecule has 5 rings (SSSR count). The van der Waals surface area contributed by atoms with E-state index in [-0.39, 0.29) is 39.7 Å². The largest absolute Gasteiger partial charge is 0.508 e. The number of fused-ring (bicyclic) bond motifs is 1. The molecule has 2 aromatic carbocycles. The summed E-state index contributed by atoms with van der Waals surface area (Å²) >= 11 is 0. The molecular formula is C27H31O15+. The SMILES string of the molecule is OC[C@@H]1O[C@@H](Oc2cc3c(O)cc(O)cc3[o+]c2-c2ccc(O)cc2)[C@H](O[C@@H]2O[C@H](CO)[C@@H](O)[C@H](O)[C@H]2O)[C@@H](O)[C@@H]1O. The van der Waals surface area contributed by atoms with Crippen LogP contribution < -0.4 is 4.74 Å². The first-order valence-corrected chi connectivity index (χ1v) is 12.9. The van der Waals surface area contributed by atoms with Crippen LogP contribution in [-0.4, -0.2) is 126 Å². The Morgan fingerprint density at radius 3 is 1.95 bits per heavy atom. The lowest BCUT2D eigenvalue weighted by atomic mass is 9.97. The lowest BCUT2D eigenvalue weighted by molar-refractivity contribution is -0.357. The van der Waals surface area contributed by atoms with Crippen molar-refractivity contribution in [3.8, 4) is 34.3 Å². The summed E-state index contributed by atoms with van der Waals surface area (Å²) in [5.41, 5.74) is 0.402. The second kappa shape index (κ2) is 12.1. The second-order valence-corrected chi connectivity index (χ2v) is 9.99. The number of ether oxygens (including phenoxy) is 4. The van der Waals surface area contributed by atoms with Crippen molar-refractivity contribution in [1.29, 1.82) is 0 Å². The summed E-state index contributed by atoms with van der Waals surface area (Å²) in [6.45, 7) is -1.50. The molecule has 2 aliphatic heterocycles. The molecule has 15 heteroatoms. The van der Waals surface area contributed by atoms with Crippen LogP contribution in [-0.2, 0) is 14.2 Å². The third-order valence-electron chi connectivity index (χ3n) is 7.15. The lowest BCUT2D eigenvalue weighted by Crippen LogP contribution is -2.65. The fraction of sp³-hybridized carbons (Fsp3) is 0.444. The van der Waals surface area contributed by atoms with Gasteiger partial charge in [-0.25, -0.2) is 4.42 Å². The summed E-state index contributed by atoms with van der Waals surface area (Å²) in [4.78, 5) is 0. The third-order valence-corrected chi connectivity index (χ3v) is 7.15. The molecule has 3 heterocycles. The van der Waals surface area contributed by atoms with Gasteiger partial charge in [0.1, 0.15) is 65.4 Å². The molecule has 0 radical (unpaired) electrons. The molecule has 0 spiro atoms. The van der Waals surface area contributed by atoms with E-state index >= 15 is 0 Å². The minimum atomic E-state index is -1.86. The zero-order chi connectivity index (χ0) is 30.3. The van der Waals surface area contributed by atoms with E-state index in [1.54, 1.807) is 0 Å². The van der Waals surface area contributed by atoms with Crippen molar-refractivity contribution in [2.75, 3.05) is 13.2 Å². The number of hydrogen-bond donors (Lipinski definition) is 10. The highest BCUT2D eigenvalue weighted by Crippen LogP contribution is 2.41. The number of benzene rings is 2. The van der Waals surface area contributed by atoms with Gasteiger partial charge >= 0.3 is 11.3 Å². The van der Waals surface area contributed by atoms with E-state index in [0.717, 1.165) is 6.07 Å². The van der Waals surface area contributed by atoms with Crippen LogP contribution in [0.4, 0.5) is 0 Å². The summed E-state index contributed by atoms with van der Waals surface area (Å²) in [5, 5.41) is 102. The molecule has 15 nitrogen and oxygen atoms in total. The van der Waals surface area contributed by atoms with Crippen molar-refractivity contribution in [3.05, 3.63) is 42.5 Å². The van der Waals surface area contributed by atoms with Crippen molar-refractivity contribution >= 4 is 11.0 Å². The van der Waals surface area contributed by atoms with E-state index < -0.39 is 74.6 Å². The van der Waals surface area contributed by atoms with Crippen molar-refractivity contribution in [3.63, 3.8) is 0 Å². The fourth-order valence-electron chi connectivity index (χ4n) is 4.84. The average Bonchev–Trinajstić information content (AvgIpc) is 2.97. The van der Waals surface area contributed by atoms with Gasteiger partial charge in [0.25, 0.3) is 0 Å². The van der Waals surface area contributed by atoms with Gasteiger partial charge < -0.3 is 70.0 Å². The first-order chi connectivity index (χ1) is 20.0. The van der Waals surface area contributed by atoms with Gasteiger partial charge in [-0.1, -0.05) is 0 Å². The number of aliphatic hydroxyl groups excluding tert-OH is 7. The van der Waals surface area contributed by atoms with Crippen molar-refractivity contribution in [2.24, 2.45) is 0 Å². The number of aliphatic hydroxyl groups is 7. The Labute approximate surface area is 237 Å². The molecule has 0 amide bonds. The normalized spacial score (nSPS) is 33.5. The Morgan fingerprint density at radius 2 is 1.31 bits per heavy atom. The van der Waals surface area contributed by atoms with E-state index in [9.17, 15) is 51.1 Å². The summed E-state index contributed by atoms with van der Waals surface area (Å²) in [7, 11) is 0. The summed E-state index contributed by atoms with van der Waals surface area (Å²) in [6, 6.07) is 9.32. The number of aromatic hydroxyl groups is 3. The predicted molar refractivity (Wildman–Crippen MR) is 138 cm³/mol. The van der Waals surface area contributed by atoms with Gasteiger partial charge in [0.05, 0.1) is 24.8 Å². The van der Waals surface area contributed by atoms with E-state index in [1.165, 1.54) is 36.4 Å². The fourth-order valence-corrected chi connectivity index (χ4v) is 4.84. The molecule has 10 atom stereocenters. The zero-order valence-corrected chi connectivity index (χ0v) is 21.7. The molecule has 2 aliphatic rings. The third kappa shape index (κ3) is 5.67. The first kappa shape index (κ1) is 30.1. The Morgan fingerprint density at radius 1 is 0.690 bits per heavy atom. The maximum absolute atomic E-state index is 10.9. The van der Waals surface area contributed by atoms with Gasteiger partial charge in [-0.2, -0.15) is 0 Å². The molecule has 228 valence electrons. The topological polar surface area (TPSA) is 251 Å². The van der Waals surface area contributed by atoms with Crippen molar-refractivity contribution < 1.29 is 74.4 Å². The van der Waals surface area contributed by atoms with Crippen LogP contribution in [0.1, 0.15) is 0 Å². The van der Waals surface area contributed by atoms with Gasteiger partial charge in [0.2, 0.25) is 12.0 Å². The van der Waals surface area contributed by atoms with Crippen LogP contribution >= 0.6 is 0 Å². The van der Waals surface area contributed by atoms with Gasteiger partial charge in [-0.15, -0.1) is 0 Å². The standard InChI is InChI=1S/C27H30O15/c28-8-17-19(33)21(35)23(37)26(40-17)42-25-22(36)20(34)18(9-29)41-27(25)39-16-7-13-14(32)5-12(31)6-15(13)38-24(16)10-1-3-11(30)4-2-10/h1-7,17-23,25-29,33-37H,8-9H2,(H2-,30,31,32)/p+1/t17-,18+,19-,20-,21+,22+,23-,25-,26+,27-/m1/s1. The maximum Gasteiger partial charge on any atom is 0.402 e. The molecule has 2 saturated heterocycles. The molecule has 0 unspecified atom stereocenters. The molecular weight excluding hydrogens is 564 g/mol. The summed E-state index contributed by atoms with van der Waals surface area (Å²) in [6.07, 6.45) is -16.7. The molecule has 10 N–H and O–H groups in total. The molecule has 42 heavy (non-hydrogen) atoms. The maximum atomic E-state index is 10.9. The Kier molecular flexibility index (Phi) is 8.68. The Bertz CT molecular complexity index is 1380. The molecule has 0 aliphatic carbocycles. The van der Waals surface area contributed by atoms with Crippen molar-refractivity contribution in [2.45, 2.75) is 61.4 Å². The van der Waals surface area contributed by atoms with Gasteiger partial charge in [-0.05, 0) is 24.3 Å². The summed E-state index contributed by atoms with van der Waals surface area (Å²) in [5.74, 6) is -0.840. The van der Waals surface area contributed by atoms with Crippen molar-refractivity contribution in [1.82, 2.24) is 0 Å². The van der Waals surface area contributed by atoms with E-state index in [1.807, 2.05) is 0 Å². The first-order valence-electron chi connectivity index (χ1n) is 12.9. The van der Waals surface area contributed by atoms with E-state index in [4.69, 9.17) is 23.4 Å². The van der Waals surface area contributed by atoms with Crippen LogP contribution in [0.5, 0.6) is 23.0 Å². The summed E-state index contributed by atoms with van der Waals surface area (Å²) < 4.78 is 28.8. The second-order valence-electron chi connectivity index (χ2n) is 9.99. The minimum Gasteiger partial charge on any atom is -0.508 e. The van der Waals surface area contributed by atoms with Crippen LogP contribution in [0.25, 0.3) is 22.3 Å². The highest BCUT2D eigenvalue weighted by atomic mass is 16.8. The number of phenolic OH excluding ortho intramolecular Hbond substituents is 3. The van der Waals surface area contributed by atoms with E-state index in [0.29, 0.717) is 5.56 Å². The quantitative estimate of drug-likeness (QED) is 0.140. The van der Waals surface area contributed by atoms with Crippen LogP contribution in [0.2, 0.25) is 0 Å². The monoisotopic (exact) mass is 595 g/mol. The predicted octanol–water partition coefficient (Wildman–Crippen LogP) is -1.50. The lowest BCUT2D eigenvalue weighted by Gasteiger charge is -2.45. The molecule has 3 aromatic rings. The number of rotatable bonds is 7. The van der Waals surface area contributed by atoms with Crippen LogP contribution in [0.15, 0.2) is 46.9 Å². The highest BCUT2D eigenvalue weighted by Gasteiger charge is 2.51. The molecule has 0 bridgehead atoms. The zero-order valence-electron chi connectivity index (χ0n) is 21.7. The van der Waals surface area contributed by atoms with Crippen LogP contribution in [0, 0.1) is 0 Å². The smallest absolute Gasteiger partial charge is 0.402 e. The van der Waals surface area contributed by atoms with Gasteiger partial charge in [0, 0.05) is 12.1 Å². The number of hydrogen-bond acceptors (Lipinski definition) is 14. The van der Waals surface area contributed by atoms with E-state index in [2.05, 4.69) is 0 Å². The Hall–Kier alpha value is -3.35. The number of phenols is 3. The van der Waals surface area contributed by atoms with Crippen LogP contribution in [0.3, 0.4) is 0 Å². The minimum absolute atomic E-state index is 0.00357. The average molecular weight is 596 g/mol. The highest BCUT2D eigenvalue weighted by molar-refractivity contribution is 5.88. The molecule has 2 fully saturated rings. The van der Waals surface area contributed by atoms with Gasteiger partial charge in [0.15, 0.2) is 12.4 Å².